The number of nitrogens with zero attached hydrogens (tertiary/aromatic N) is 2. The molecular formula is C16H29N3O2. The van der Waals surface area contributed by atoms with Gasteiger partial charge in [-0.05, 0) is 59.2 Å². The zero-order chi connectivity index (χ0) is 14.8. The highest BCUT2D eigenvalue weighted by atomic mass is 16.5. The highest BCUT2D eigenvalue weighted by Crippen LogP contribution is 2.26. The lowest BCUT2D eigenvalue weighted by atomic mass is 10.0. The van der Waals surface area contributed by atoms with Crippen molar-refractivity contribution >= 4 is 5.91 Å². The smallest absolute Gasteiger partial charge is 0.240 e. The molecule has 1 amide bonds. The topological polar surface area (TPSA) is 44.8 Å². The molecule has 21 heavy (non-hydrogen) atoms. The van der Waals surface area contributed by atoms with Crippen molar-refractivity contribution in [2.45, 2.75) is 63.8 Å². The number of piperidine rings is 1. The van der Waals surface area contributed by atoms with Gasteiger partial charge in [0.15, 0.2) is 0 Å². The Balaban J connectivity index is 1.65. The first-order valence-electron chi connectivity index (χ1n) is 8.56. The average Bonchev–Trinajstić information content (AvgIpc) is 2.95. The summed E-state index contributed by atoms with van der Waals surface area (Å²) in [6.45, 7) is 8.90. The number of morpholine rings is 1. The number of hydrogen-bond donors (Lipinski definition) is 1. The van der Waals surface area contributed by atoms with Crippen molar-refractivity contribution in [3.63, 3.8) is 0 Å². The minimum absolute atomic E-state index is 0.116. The predicted octanol–water partition coefficient (Wildman–Crippen LogP) is 0.839. The highest BCUT2D eigenvalue weighted by Gasteiger charge is 2.39. The predicted molar refractivity (Wildman–Crippen MR) is 82.2 cm³/mol. The summed E-state index contributed by atoms with van der Waals surface area (Å²) in [6.07, 6.45) is 4.87. The maximum Gasteiger partial charge on any atom is 0.240 e. The molecule has 120 valence electrons. The molecule has 1 N–H and O–H groups in total. The standard InChI is InChI=1S/C16H29N3O2/c1-12-10-18(11-13(2)21-12)16(20)15-4-3-9-19(15)14-5-7-17-8-6-14/h12-15,17H,3-11H2,1-2H3/t12-,13+,15?. The third-order valence-electron chi connectivity index (χ3n) is 5.09. The van der Waals surface area contributed by atoms with Crippen LogP contribution in [0.1, 0.15) is 39.5 Å². The SMILES string of the molecule is C[C@@H]1CN(C(=O)C2CCCN2C2CCNCC2)C[C@H](C)O1. The van der Waals surface area contributed by atoms with Crippen molar-refractivity contribution in [3.8, 4) is 0 Å². The number of rotatable bonds is 2. The van der Waals surface area contributed by atoms with Crippen molar-refractivity contribution < 1.29 is 9.53 Å². The number of hydrogen-bond acceptors (Lipinski definition) is 4. The molecule has 0 aliphatic carbocycles. The van der Waals surface area contributed by atoms with Crippen LogP contribution in [0.4, 0.5) is 0 Å². The largest absolute Gasteiger partial charge is 0.372 e. The fourth-order valence-corrected chi connectivity index (χ4v) is 4.20. The monoisotopic (exact) mass is 295 g/mol. The van der Waals surface area contributed by atoms with E-state index in [0.717, 1.165) is 45.6 Å². The van der Waals surface area contributed by atoms with Crippen LogP contribution in [0, 0.1) is 0 Å². The molecule has 0 aromatic carbocycles. The third kappa shape index (κ3) is 3.41. The van der Waals surface area contributed by atoms with E-state index in [1.54, 1.807) is 0 Å². The van der Waals surface area contributed by atoms with Gasteiger partial charge < -0.3 is 15.0 Å². The van der Waals surface area contributed by atoms with Gasteiger partial charge in [0, 0.05) is 19.1 Å². The van der Waals surface area contributed by atoms with Gasteiger partial charge in [-0.1, -0.05) is 0 Å². The summed E-state index contributed by atoms with van der Waals surface area (Å²) in [7, 11) is 0. The fraction of sp³-hybridized carbons (Fsp3) is 0.938. The summed E-state index contributed by atoms with van der Waals surface area (Å²) in [5.74, 6) is 0.341. The quantitative estimate of drug-likeness (QED) is 0.820. The summed E-state index contributed by atoms with van der Waals surface area (Å²) in [6, 6.07) is 0.712. The Kier molecular flexibility index (Phi) is 4.82. The first-order valence-corrected chi connectivity index (χ1v) is 8.56. The van der Waals surface area contributed by atoms with E-state index in [2.05, 4.69) is 24.1 Å². The summed E-state index contributed by atoms with van der Waals surface area (Å²) >= 11 is 0. The lowest BCUT2D eigenvalue weighted by molar-refractivity contribution is -0.148. The molecule has 0 aromatic heterocycles. The van der Waals surface area contributed by atoms with Crippen LogP contribution in [0.3, 0.4) is 0 Å². The summed E-state index contributed by atoms with van der Waals surface area (Å²) in [5.41, 5.74) is 0. The molecule has 1 unspecified atom stereocenters. The van der Waals surface area contributed by atoms with Crippen molar-refractivity contribution in [2.75, 3.05) is 32.7 Å². The van der Waals surface area contributed by atoms with Gasteiger partial charge in [-0.15, -0.1) is 0 Å². The molecule has 3 aliphatic heterocycles. The second kappa shape index (κ2) is 6.63. The minimum atomic E-state index is 0.116. The molecule has 3 heterocycles. The molecule has 5 nitrogen and oxygen atoms in total. The zero-order valence-electron chi connectivity index (χ0n) is 13.4. The number of carbonyl (C=O) groups excluding carboxylic acids is 1. The van der Waals surface area contributed by atoms with Gasteiger partial charge in [0.2, 0.25) is 5.91 Å². The second-order valence-electron chi connectivity index (χ2n) is 6.88. The van der Waals surface area contributed by atoms with Crippen molar-refractivity contribution in [1.29, 1.82) is 0 Å². The van der Waals surface area contributed by atoms with Gasteiger partial charge in [-0.2, -0.15) is 0 Å². The van der Waals surface area contributed by atoms with E-state index in [9.17, 15) is 4.79 Å². The first kappa shape index (κ1) is 15.3. The number of amides is 1. The molecule has 3 saturated heterocycles. The van der Waals surface area contributed by atoms with Gasteiger partial charge in [0.1, 0.15) is 0 Å². The zero-order valence-corrected chi connectivity index (χ0v) is 13.4. The number of ether oxygens (including phenoxy) is 1. The Hall–Kier alpha value is -0.650. The average molecular weight is 295 g/mol. The highest BCUT2D eigenvalue weighted by molar-refractivity contribution is 5.82. The number of likely N-dealkylation sites (tertiary alicyclic amines) is 1. The lowest BCUT2D eigenvalue weighted by Crippen LogP contribution is -2.56. The maximum atomic E-state index is 13.0. The Morgan fingerprint density at radius 3 is 2.43 bits per heavy atom. The molecule has 3 rings (SSSR count). The minimum Gasteiger partial charge on any atom is -0.372 e. The van der Waals surface area contributed by atoms with E-state index in [0.29, 0.717) is 11.9 Å². The molecule has 0 radical (unpaired) electrons. The van der Waals surface area contributed by atoms with Gasteiger partial charge in [0.25, 0.3) is 0 Å². The molecule has 3 fully saturated rings. The van der Waals surface area contributed by atoms with Crippen molar-refractivity contribution in [3.05, 3.63) is 0 Å². The van der Waals surface area contributed by atoms with E-state index < -0.39 is 0 Å². The van der Waals surface area contributed by atoms with E-state index in [1.807, 2.05) is 4.90 Å². The Bertz CT molecular complexity index is 361. The molecule has 0 saturated carbocycles. The molecule has 0 aromatic rings. The van der Waals surface area contributed by atoms with Crippen LogP contribution < -0.4 is 5.32 Å². The van der Waals surface area contributed by atoms with E-state index in [1.165, 1.54) is 12.8 Å². The maximum absolute atomic E-state index is 13.0. The Morgan fingerprint density at radius 2 is 1.76 bits per heavy atom. The number of carbonyl (C=O) groups is 1. The molecule has 3 atom stereocenters. The van der Waals surface area contributed by atoms with Crippen molar-refractivity contribution in [2.24, 2.45) is 0 Å². The molecule has 0 bridgehead atoms. The van der Waals surface area contributed by atoms with Crippen LogP contribution in [0.15, 0.2) is 0 Å². The van der Waals surface area contributed by atoms with E-state index >= 15 is 0 Å². The molecular weight excluding hydrogens is 266 g/mol. The summed E-state index contributed by atoms with van der Waals surface area (Å²) in [4.78, 5) is 17.5. The van der Waals surface area contributed by atoms with Gasteiger partial charge in [0.05, 0.1) is 18.2 Å². The third-order valence-corrected chi connectivity index (χ3v) is 5.09. The Morgan fingerprint density at radius 1 is 1.10 bits per heavy atom. The first-order chi connectivity index (χ1) is 10.1. The van der Waals surface area contributed by atoms with Crippen LogP contribution in [0.2, 0.25) is 0 Å². The van der Waals surface area contributed by atoms with Gasteiger partial charge in [-0.25, -0.2) is 0 Å². The van der Waals surface area contributed by atoms with Gasteiger partial charge >= 0.3 is 0 Å². The van der Waals surface area contributed by atoms with Crippen LogP contribution in [-0.4, -0.2) is 72.7 Å². The summed E-state index contributed by atoms with van der Waals surface area (Å²) in [5, 5.41) is 3.42. The van der Waals surface area contributed by atoms with E-state index in [4.69, 9.17) is 4.74 Å². The molecule has 5 heteroatoms. The van der Waals surface area contributed by atoms with Crippen LogP contribution in [0.25, 0.3) is 0 Å². The number of nitrogens with one attached hydrogen (secondary N) is 1. The van der Waals surface area contributed by atoms with Gasteiger partial charge in [-0.3, -0.25) is 9.69 Å². The van der Waals surface area contributed by atoms with Crippen molar-refractivity contribution in [1.82, 2.24) is 15.1 Å². The molecule has 0 spiro atoms. The Labute approximate surface area is 128 Å². The fourth-order valence-electron chi connectivity index (χ4n) is 4.20. The van der Waals surface area contributed by atoms with Crippen LogP contribution >= 0.6 is 0 Å². The molecule has 3 aliphatic rings. The van der Waals surface area contributed by atoms with Crippen LogP contribution in [0.5, 0.6) is 0 Å². The van der Waals surface area contributed by atoms with E-state index in [-0.39, 0.29) is 18.2 Å². The normalized spacial score (nSPS) is 36.1. The van der Waals surface area contributed by atoms with Crippen LogP contribution in [-0.2, 0) is 9.53 Å². The summed E-state index contributed by atoms with van der Waals surface area (Å²) < 4.78 is 5.76. The second-order valence-corrected chi connectivity index (χ2v) is 6.88. The lowest BCUT2D eigenvalue weighted by Gasteiger charge is -2.40.